The van der Waals surface area contributed by atoms with Crippen molar-refractivity contribution in [3.05, 3.63) is 58.3 Å². The summed E-state index contributed by atoms with van der Waals surface area (Å²) >= 11 is 3.06. The maximum absolute atomic E-state index is 13.0. The summed E-state index contributed by atoms with van der Waals surface area (Å²) in [5.41, 5.74) is 1.78. The number of aryl methyl sites for hydroxylation is 1. The molecule has 0 atom stereocenters. The Hall–Kier alpha value is -1.88. The minimum atomic E-state index is -0.374. The van der Waals surface area contributed by atoms with E-state index in [1.807, 2.05) is 25.1 Å². The molecule has 0 aromatic heterocycles. The van der Waals surface area contributed by atoms with Crippen LogP contribution in [0.1, 0.15) is 5.56 Å². The summed E-state index contributed by atoms with van der Waals surface area (Å²) < 4.78 is 18.6. The lowest BCUT2D eigenvalue weighted by Crippen LogP contribution is -2.20. The fraction of sp³-hybridized carbons (Fsp3) is 0.133. The van der Waals surface area contributed by atoms with Crippen molar-refractivity contribution in [3.8, 4) is 5.75 Å². The third-order valence-corrected chi connectivity index (χ3v) is 3.17. The lowest BCUT2D eigenvalue weighted by molar-refractivity contribution is -0.118. The van der Waals surface area contributed by atoms with Crippen molar-refractivity contribution in [2.75, 3.05) is 11.9 Å². The van der Waals surface area contributed by atoms with E-state index in [4.69, 9.17) is 4.74 Å². The van der Waals surface area contributed by atoms with E-state index in [2.05, 4.69) is 21.2 Å². The summed E-state index contributed by atoms with van der Waals surface area (Å²) in [7, 11) is 0. The van der Waals surface area contributed by atoms with Gasteiger partial charge in [-0.15, -0.1) is 0 Å². The van der Waals surface area contributed by atoms with Crippen LogP contribution in [0.2, 0.25) is 0 Å². The molecule has 0 spiro atoms. The van der Waals surface area contributed by atoms with Gasteiger partial charge in [-0.2, -0.15) is 0 Å². The van der Waals surface area contributed by atoms with E-state index in [1.54, 1.807) is 6.07 Å². The topological polar surface area (TPSA) is 38.3 Å². The van der Waals surface area contributed by atoms with Gasteiger partial charge in [0.25, 0.3) is 5.91 Å². The quantitative estimate of drug-likeness (QED) is 0.918. The van der Waals surface area contributed by atoms with Gasteiger partial charge in [0, 0.05) is 5.69 Å². The lowest BCUT2D eigenvalue weighted by Gasteiger charge is -2.08. The number of anilines is 1. The zero-order valence-corrected chi connectivity index (χ0v) is 12.4. The van der Waals surface area contributed by atoms with Gasteiger partial charge >= 0.3 is 0 Å². The number of carbonyl (C=O) groups excluding carboxylic acids is 1. The fourth-order valence-corrected chi connectivity index (χ4v) is 1.99. The highest BCUT2D eigenvalue weighted by atomic mass is 79.9. The van der Waals surface area contributed by atoms with Gasteiger partial charge in [-0.05, 0) is 58.7 Å². The predicted molar refractivity (Wildman–Crippen MR) is 79.4 cm³/mol. The van der Waals surface area contributed by atoms with Crippen molar-refractivity contribution in [2.45, 2.75) is 6.92 Å². The molecule has 0 saturated carbocycles. The minimum absolute atomic E-state index is 0.133. The summed E-state index contributed by atoms with van der Waals surface area (Å²) in [6, 6.07) is 11.7. The van der Waals surface area contributed by atoms with Crippen LogP contribution in [0.5, 0.6) is 5.75 Å². The van der Waals surface area contributed by atoms with Crippen LogP contribution in [0.25, 0.3) is 0 Å². The van der Waals surface area contributed by atoms with Crippen molar-refractivity contribution >= 4 is 27.5 Å². The van der Waals surface area contributed by atoms with Gasteiger partial charge in [-0.25, -0.2) is 4.39 Å². The van der Waals surface area contributed by atoms with E-state index in [0.717, 1.165) is 11.3 Å². The first-order chi connectivity index (χ1) is 9.54. The second kappa shape index (κ2) is 6.52. The van der Waals surface area contributed by atoms with Gasteiger partial charge in [0.1, 0.15) is 11.6 Å². The van der Waals surface area contributed by atoms with Crippen LogP contribution in [0.4, 0.5) is 10.1 Å². The highest BCUT2D eigenvalue weighted by molar-refractivity contribution is 9.10. The van der Waals surface area contributed by atoms with Crippen molar-refractivity contribution in [1.82, 2.24) is 0 Å². The molecule has 0 saturated heterocycles. The summed E-state index contributed by atoms with van der Waals surface area (Å²) in [6.07, 6.45) is 0. The lowest BCUT2D eigenvalue weighted by atomic mass is 10.2. The van der Waals surface area contributed by atoms with Crippen LogP contribution < -0.4 is 10.1 Å². The Labute approximate surface area is 124 Å². The van der Waals surface area contributed by atoms with E-state index in [-0.39, 0.29) is 18.3 Å². The minimum Gasteiger partial charge on any atom is -0.484 e. The molecule has 104 valence electrons. The zero-order chi connectivity index (χ0) is 14.5. The van der Waals surface area contributed by atoms with Gasteiger partial charge in [0.05, 0.1) is 4.47 Å². The number of benzene rings is 2. The summed E-state index contributed by atoms with van der Waals surface area (Å²) in [4.78, 5) is 11.7. The molecule has 3 nitrogen and oxygen atoms in total. The molecular formula is C15H13BrFNO2. The summed E-state index contributed by atoms with van der Waals surface area (Å²) in [6.45, 7) is 1.81. The molecule has 0 aliphatic rings. The first kappa shape index (κ1) is 14.5. The molecular weight excluding hydrogens is 325 g/mol. The number of hydrogen-bond donors (Lipinski definition) is 1. The van der Waals surface area contributed by atoms with Crippen LogP contribution in [0, 0.1) is 12.7 Å². The Morgan fingerprint density at radius 3 is 2.80 bits per heavy atom. The standard InChI is InChI=1S/C15H13BrFNO2/c1-10-3-2-4-11(7-10)18-15(19)9-20-12-5-6-14(17)13(16)8-12/h2-8H,9H2,1H3,(H,18,19). The normalized spacial score (nSPS) is 10.2. The van der Waals surface area contributed by atoms with Gasteiger partial charge in [-0.3, -0.25) is 4.79 Å². The maximum atomic E-state index is 13.0. The fourth-order valence-electron chi connectivity index (χ4n) is 1.64. The Morgan fingerprint density at radius 1 is 1.30 bits per heavy atom. The maximum Gasteiger partial charge on any atom is 0.262 e. The molecule has 0 unspecified atom stereocenters. The molecule has 5 heteroatoms. The number of ether oxygens (including phenoxy) is 1. The molecule has 0 heterocycles. The van der Waals surface area contributed by atoms with Gasteiger partial charge in [0.2, 0.25) is 0 Å². The molecule has 0 bridgehead atoms. The molecule has 1 N–H and O–H groups in total. The predicted octanol–water partition coefficient (Wildman–Crippen LogP) is 3.91. The number of carbonyl (C=O) groups is 1. The second-order valence-corrected chi connectivity index (χ2v) is 5.14. The van der Waals surface area contributed by atoms with E-state index in [9.17, 15) is 9.18 Å². The number of hydrogen-bond acceptors (Lipinski definition) is 2. The average Bonchev–Trinajstić information content (AvgIpc) is 2.40. The van der Waals surface area contributed by atoms with E-state index >= 15 is 0 Å². The number of halogens is 2. The largest absolute Gasteiger partial charge is 0.484 e. The van der Waals surface area contributed by atoms with Crippen LogP contribution in [0.15, 0.2) is 46.9 Å². The van der Waals surface area contributed by atoms with E-state index in [0.29, 0.717) is 10.2 Å². The van der Waals surface area contributed by atoms with Crippen LogP contribution in [-0.2, 0) is 4.79 Å². The number of nitrogens with one attached hydrogen (secondary N) is 1. The molecule has 0 aliphatic heterocycles. The third-order valence-electron chi connectivity index (χ3n) is 2.56. The third kappa shape index (κ3) is 4.06. The Balaban J connectivity index is 1.90. The SMILES string of the molecule is Cc1cccc(NC(=O)COc2ccc(F)c(Br)c2)c1. The Bertz CT molecular complexity index is 631. The van der Waals surface area contributed by atoms with Crippen molar-refractivity contribution < 1.29 is 13.9 Å². The summed E-state index contributed by atoms with van der Waals surface area (Å²) in [5.74, 6) is -0.213. The monoisotopic (exact) mass is 337 g/mol. The zero-order valence-electron chi connectivity index (χ0n) is 10.8. The molecule has 0 radical (unpaired) electrons. The first-order valence-corrected chi connectivity index (χ1v) is 6.78. The van der Waals surface area contributed by atoms with Gasteiger partial charge in [0.15, 0.2) is 6.61 Å². The summed E-state index contributed by atoms with van der Waals surface area (Å²) in [5, 5.41) is 2.73. The van der Waals surface area contributed by atoms with E-state index < -0.39 is 0 Å². The Morgan fingerprint density at radius 2 is 2.10 bits per heavy atom. The van der Waals surface area contributed by atoms with Crippen molar-refractivity contribution in [3.63, 3.8) is 0 Å². The molecule has 2 rings (SSSR count). The van der Waals surface area contributed by atoms with Crippen LogP contribution >= 0.6 is 15.9 Å². The van der Waals surface area contributed by atoms with Crippen molar-refractivity contribution in [2.24, 2.45) is 0 Å². The highest BCUT2D eigenvalue weighted by Gasteiger charge is 2.06. The average molecular weight is 338 g/mol. The molecule has 2 aromatic rings. The Kier molecular flexibility index (Phi) is 4.74. The van der Waals surface area contributed by atoms with Crippen molar-refractivity contribution in [1.29, 1.82) is 0 Å². The molecule has 1 amide bonds. The van der Waals surface area contributed by atoms with Crippen LogP contribution in [0.3, 0.4) is 0 Å². The molecule has 2 aromatic carbocycles. The van der Waals surface area contributed by atoms with E-state index in [1.165, 1.54) is 18.2 Å². The smallest absolute Gasteiger partial charge is 0.262 e. The second-order valence-electron chi connectivity index (χ2n) is 4.28. The van der Waals surface area contributed by atoms with Gasteiger partial charge in [-0.1, -0.05) is 12.1 Å². The molecule has 0 fully saturated rings. The first-order valence-electron chi connectivity index (χ1n) is 5.99. The number of rotatable bonds is 4. The van der Waals surface area contributed by atoms with Gasteiger partial charge < -0.3 is 10.1 Å². The molecule has 20 heavy (non-hydrogen) atoms. The molecule has 0 aliphatic carbocycles. The van der Waals surface area contributed by atoms with Crippen LogP contribution in [-0.4, -0.2) is 12.5 Å². The number of amides is 1. The highest BCUT2D eigenvalue weighted by Crippen LogP contribution is 2.21.